The van der Waals surface area contributed by atoms with Crippen molar-refractivity contribution in [1.29, 1.82) is 0 Å². The predicted molar refractivity (Wildman–Crippen MR) is 58.8 cm³/mol. The first-order valence-electron chi connectivity index (χ1n) is 2.84. The van der Waals surface area contributed by atoms with Gasteiger partial charge in [-0.15, -0.1) is 17.0 Å². The van der Waals surface area contributed by atoms with Crippen LogP contribution < -0.4 is 5.73 Å². The number of halogens is 3. The summed E-state index contributed by atoms with van der Waals surface area (Å²) < 4.78 is 0. The van der Waals surface area contributed by atoms with Crippen LogP contribution in [-0.4, -0.2) is 0 Å². The van der Waals surface area contributed by atoms with Crippen molar-refractivity contribution in [3.05, 3.63) is 28.8 Å². The van der Waals surface area contributed by atoms with Crippen LogP contribution in [0.25, 0.3) is 0 Å². The Morgan fingerprint density at radius 1 is 1.45 bits per heavy atom. The van der Waals surface area contributed by atoms with Gasteiger partial charge in [-0.3, -0.25) is 0 Å². The van der Waals surface area contributed by atoms with E-state index < -0.39 is 0 Å². The summed E-state index contributed by atoms with van der Waals surface area (Å²) in [7, 11) is 0. The maximum atomic E-state index is 5.82. The van der Waals surface area contributed by atoms with Gasteiger partial charge < -0.3 is 5.73 Å². The van der Waals surface area contributed by atoms with Crippen LogP contribution in [0.5, 0.6) is 0 Å². The molecule has 0 aliphatic heterocycles. The van der Waals surface area contributed by atoms with Crippen LogP contribution in [0.3, 0.4) is 0 Å². The van der Waals surface area contributed by atoms with Crippen LogP contribution >= 0.6 is 44.5 Å². The lowest BCUT2D eigenvalue weighted by Gasteiger charge is -2.02. The van der Waals surface area contributed by atoms with Gasteiger partial charge in [0.15, 0.2) is 0 Å². The minimum atomic E-state index is 0. The molecule has 4 heteroatoms. The average Bonchev–Trinajstić information content (AvgIpc) is 1.88. The number of anilines is 1. The first-order valence-corrected chi connectivity index (χ1v) is 4.34. The number of nitrogen functional groups attached to an aromatic ring is 1. The maximum Gasteiger partial charge on any atom is 0.0467 e. The molecule has 11 heavy (non-hydrogen) atoms. The van der Waals surface area contributed by atoms with Crippen LogP contribution in [0, 0.1) is 0 Å². The lowest BCUT2D eigenvalue weighted by Crippen LogP contribution is -1.91. The molecule has 1 aromatic carbocycles. The first kappa shape index (κ1) is 11.3. The summed E-state index contributed by atoms with van der Waals surface area (Å²) in [5.74, 6) is 0. The average molecular weight is 301 g/mol. The molecular formula is C7H8Br2ClN. The molecule has 0 unspecified atom stereocenters. The van der Waals surface area contributed by atoms with E-state index in [1.54, 1.807) is 0 Å². The number of hydrogen-bond acceptors (Lipinski definition) is 1. The lowest BCUT2D eigenvalue weighted by molar-refractivity contribution is 1.44. The quantitative estimate of drug-likeness (QED) is 0.624. The van der Waals surface area contributed by atoms with Crippen molar-refractivity contribution in [2.75, 3.05) is 5.73 Å². The zero-order valence-corrected chi connectivity index (χ0v) is 9.74. The molecule has 0 aromatic heterocycles. The molecule has 62 valence electrons. The number of rotatable bonds is 1. The molecular weight excluding hydrogens is 293 g/mol. The van der Waals surface area contributed by atoms with E-state index in [4.69, 9.17) is 17.3 Å². The molecule has 0 aliphatic carbocycles. The third kappa shape index (κ3) is 2.65. The van der Waals surface area contributed by atoms with Gasteiger partial charge >= 0.3 is 0 Å². The van der Waals surface area contributed by atoms with E-state index in [-0.39, 0.29) is 17.0 Å². The molecule has 2 N–H and O–H groups in total. The van der Waals surface area contributed by atoms with Crippen molar-refractivity contribution < 1.29 is 0 Å². The predicted octanol–water partition coefficient (Wildman–Crippen LogP) is 3.40. The minimum absolute atomic E-state index is 0. The van der Waals surface area contributed by atoms with Crippen molar-refractivity contribution in [3.8, 4) is 0 Å². The van der Waals surface area contributed by atoms with Crippen LogP contribution in [0.15, 0.2) is 18.2 Å². The van der Waals surface area contributed by atoms with Crippen molar-refractivity contribution in [2.45, 2.75) is 5.33 Å². The second-order valence-electron chi connectivity index (χ2n) is 1.94. The summed E-state index contributed by atoms with van der Waals surface area (Å²) in [4.78, 5) is 0. The number of nitrogens with two attached hydrogens (primary N) is 1. The Morgan fingerprint density at radius 2 is 2.09 bits per heavy atom. The summed E-state index contributed by atoms with van der Waals surface area (Å²) >= 11 is 9.11. The smallest absolute Gasteiger partial charge is 0.0467 e. The Morgan fingerprint density at radius 3 is 2.45 bits per heavy atom. The maximum absolute atomic E-state index is 5.82. The normalized spacial score (nSPS) is 8.91. The second kappa shape index (κ2) is 5.01. The van der Waals surface area contributed by atoms with E-state index in [0.29, 0.717) is 5.33 Å². The summed E-state index contributed by atoms with van der Waals surface area (Å²) in [5, 5.41) is 1.43. The van der Waals surface area contributed by atoms with Gasteiger partial charge in [0.1, 0.15) is 0 Å². The Bertz CT molecular complexity index is 220. The molecule has 0 aliphatic rings. The van der Waals surface area contributed by atoms with E-state index >= 15 is 0 Å². The van der Waals surface area contributed by atoms with Crippen molar-refractivity contribution in [3.63, 3.8) is 0 Å². The van der Waals surface area contributed by atoms with Gasteiger partial charge in [0.05, 0.1) is 0 Å². The van der Waals surface area contributed by atoms with Gasteiger partial charge in [-0.2, -0.15) is 0 Å². The number of alkyl halides is 1. The molecule has 0 radical (unpaired) electrons. The fourth-order valence-corrected chi connectivity index (χ4v) is 1.75. The molecule has 0 fully saturated rings. The monoisotopic (exact) mass is 299 g/mol. The Hall–Kier alpha value is 0.270. The fourth-order valence-electron chi connectivity index (χ4n) is 0.716. The van der Waals surface area contributed by atoms with Gasteiger partial charge in [0.25, 0.3) is 0 Å². The molecule has 0 heterocycles. The number of hydrogen-bond donors (Lipinski definition) is 1. The number of benzene rings is 1. The van der Waals surface area contributed by atoms with E-state index in [2.05, 4.69) is 15.9 Å². The van der Waals surface area contributed by atoms with Crippen molar-refractivity contribution in [2.24, 2.45) is 0 Å². The van der Waals surface area contributed by atoms with Gasteiger partial charge in [0.2, 0.25) is 0 Å². The third-order valence-electron chi connectivity index (χ3n) is 1.29. The third-order valence-corrected chi connectivity index (χ3v) is 2.20. The highest BCUT2D eigenvalue weighted by Gasteiger charge is 2.00. The highest BCUT2D eigenvalue weighted by molar-refractivity contribution is 9.08. The van der Waals surface area contributed by atoms with E-state index in [1.807, 2.05) is 18.2 Å². The molecule has 1 nitrogen and oxygen atoms in total. The van der Waals surface area contributed by atoms with Crippen molar-refractivity contribution >= 4 is 50.2 Å². The molecule has 1 aromatic rings. The lowest BCUT2D eigenvalue weighted by atomic mass is 10.2. The molecule has 0 spiro atoms. The fraction of sp³-hybridized carbons (Fsp3) is 0.143. The Kier molecular flexibility index (Phi) is 5.13. The highest BCUT2D eigenvalue weighted by Crippen LogP contribution is 2.23. The molecule has 0 bridgehead atoms. The molecule has 0 atom stereocenters. The standard InChI is InChI=1S/C7H7BrClN.BrH/c8-4-5-6(9)2-1-3-7(5)10;/h1-3H,4,10H2;1H. The Balaban J connectivity index is 0.000001000. The van der Waals surface area contributed by atoms with Gasteiger partial charge in [-0.25, -0.2) is 0 Å². The van der Waals surface area contributed by atoms with Gasteiger partial charge in [-0.1, -0.05) is 33.6 Å². The van der Waals surface area contributed by atoms with E-state index in [9.17, 15) is 0 Å². The van der Waals surface area contributed by atoms with Crippen LogP contribution in [0.2, 0.25) is 5.02 Å². The topological polar surface area (TPSA) is 26.0 Å². The first-order chi connectivity index (χ1) is 4.75. The SMILES string of the molecule is Br.Nc1cccc(Cl)c1CBr. The van der Waals surface area contributed by atoms with Gasteiger partial charge in [-0.05, 0) is 12.1 Å². The zero-order chi connectivity index (χ0) is 7.56. The van der Waals surface area contributed by atoms with E-state index in [1.165, 1.54) is 0 Å². The molecule has 0 saturated heterocycles. The summed E-state index contributed by atoms with van der Waals surface area (Å²) in [6.07, 6.45) is 0. The summed E-state index contributed by atoms with van der Waals surface area (Å²) in [5.41, 5.74) is 7.32. The van der Waals surface area contributed by atoms with E-state index in [0.717, 1.165) is 16.3 Å². The molecule has 1 rings (SSSR count). The largest absolute Gasteiger partial charge is 0.398 e. The molecule has 0 saturated carbocycles. The van der Waals surface area contributed by atoms with Crippen LogP contribution in [-0.2, 0) is 5.33 Å². The summed E-state index contributed by atoms with van der Waals surface area (Å²) in [6.45, 7) is 0. The van der Waals surface area contributed by atoms with Crippen LogP contribution in [0.1, 0.15) is 5.56 Å². The van der Waals surface area contributed by atoms with Gasteiger partial charge in [0, 0.05) is 21.6 Å². The minimum Gasteiger partial charge on any atom is -0.398 e. The zero-order valence-electron chi connectivity index (χ0n) is 5.68. The highest BCUT2D eigenvalue weighted by atomic mass is 79.9. The van der Waals surface area contributed by atoms with Crippen LogP contribution in [0.4, 0.5) is 5.69 Å². The summed E-state index contributed by atoms with van der Waals surface area (Å²) in [6, 6.07) is 5.50. The van der Waals surface area contributed by atoms with Crippen molar-refractivity contribution in [1.82, 2.24) is 0 Å². The molecule has 0 amide bonds. The second-order valence-corrected chi connectivity index (χ2v) is 2.91. The Labute approximate surface area is 89.8 Å².